The molecule has 1 aromatic heterocycles. The maximum atomic E-state index is 4.27. The van der Waals surface area contributed by atoms with Gasteiger partial charge in [0, 0.05) is 54.8 Å². The maximum absolute atomic E-state index is 4.27. The normalized spacial score (nSPS) is 16.3. The number of nitrogens with zero attached hydrogens (tertiary/aromatic N) is 2. The van der Waals surface area contributed by atoms with Crippen LogP contribution in [0.5, 0.6) is 0 Å². The summed E-state index contributed by atoms with van der Waals surface area (Å²) in [4.78, 5) is 6.76. The van der Waals surface area contributed by atoms with Gasteiger partial charge >= 0.3 is 0 Å². The number of aromatic nitrogens is 1. The van der Waals surface area contributed by atoms with E-state index in [2.05, 4.69) is 35.1 Å². The van der Waals surface area contributed by atoms with Gasteiger partial charge in [0.15, 0.2) is 0 Å². The molecule has 0 atom stereocenters. The van der Waals surface area contributed by atoms with Gasteiger partial charge in [-0.1, -0.05) is 13.8 Å². The van der Waals surface area contributed by atoms with Gasteiger partial charge in [0.2, 0.25) is 0 Å². The molecule has 1 saturated heterocycles. The summed E-state index contributed by atoms with van der Waals surface area (Å²) in [6.45, 7) is 8.77. The molecule has 0 radical (unpaired) electrons. The lowest BCUT2D eigenvalue weighted by Gasteiger charge is -2.30. The Labute approximate surface area is 114 Å². The number of nitrogens with one attached hydrogen (secondary N) is 1. The van der Waals surface area contributed by atoms with E-state index >= 15 is 0 Å². The predicted octanol–water partition coefficient (Wildman–Crippen LogP) is 2.38. The number of hydrogen-bond acceptors (Lipinski definition) is 4. The first-order valence-corrected chi connectivity index (χ1v) is 7.89. The van der Waals surface area contributed by atoms with Crippen LogP contribution >= 0.6 is 11.8 Å². The van der Waals surface area contributed by atoms with Gasteiger partial charge in [0.25, 0.3) is 0 Å². The fraction of sp³-hybridized carbons (Fsp3) is 0.643. The molecule has 0 aromatic carbocycles. The zero-order valence-electron chi connectivity index (χ0n) is 11.4. The summed E-state index contributed by atoms with van der Waals surface area (Å²) in [6, 6.07) is 2.16. The zero-order chi connectivity index (χ0) is 12.8. The Bertz CT molecular complexity index is 362. The highest BCUT2D eigenvalue weighted by molar-refractivity contribution is 7.99. The van der Waals surface area contributed by atoms with Crippen LogP contribution in [0, 0.1) is 5.92 Å². The minimum atomic E-state index is 0.691. The molecule has 3 nitrogen and oxygen atoms in total. The summed E-state index contributed by atoms with van der Waals surface area (Å²) in [5.41, 5.74) is 2.69. The molecule has 2 heterocycles. The van der Waals surface area contributed by atoms with E-state index in [1.165, 1.54) is 22.8 Å². The first kappa shape index (κ1) is 13.7. The van der Waals surface area contributed by atoms with Crippen molar-refractivity contribution in [2.75, 3.05) is 36.0 Å². The van der Waals surface area contributed by atoms with E-state index in [9.17, 15) is 0 Å². The zero-order valence-corrected chi connectivity index (χ0v) is 12.2. The molecule has 0 amide bonds. The molecule has 1 N–H and O–H groups in total. The minimum Gasteiger partial charge on any atom is -0.370 e. The van der Waals surface area contributed by atoms with Gasteiger partial charge in [0.1, 0.15) is 0 Å². The van der Waals surface area contributed by atoms with Gasteiger partial charge in [0.05, 0.1) is 0 Å². The molecule has 1 aliphatic heterocycles. The third-order valence-corrected chi connectivity index (χ3v) is 4.04. The summed E-state index contributed by atoms with van der Waals surface area (Å²) in [6.07, 6.45) is 3.91. The number of pyridine rings is 1. The predicted molar refractivity (Wildman–Crippen MR) is 80.3 cm³/mol. The van der Waals surface area contributed by atoms with Crippen molar-refractivity contribution in [3.63, 3.8) is 0 Å². The van der Waals surface area contributed by atoms with Crippen LogP contribution in [0.25, 0.3) is 0 Å². The van der Waals surface area contributed by atoms with Crippen molar-refractivity contribution in [1.29, 1.82) is 0 Å². The van der Waals surface area contributed by atoms with Crippen molar-refractivity contribution in [2.24, 2.45) is 5.92 Å². The topological polar surface area (TPSA) is 28.2 Å². The molecule has 100 valence electrons. The molecule has 1 aliphatic rings. The average Bonchev–Trinajstić information content (AvgIpc) is 2.40. The molecule has 18 heavy (non-hydrogen) atoms. The second kappa shape index (κ2) is 7.00. The summed E-state index contributed by atoms with van der Waals surface area (Å²) >= 11 is 2.05. The summed E-state index contributed by atoms with van der Waals surface area (Å²) in [5, 5.41) is 3.51. The fourth-order valence-electron chi connectivity index (χ4n) is 2.16. The number of hydrogen-bond donors (Lipinski definition) is 1. The van der Waals surface area contributed by atoms with Crippen molar-refractivity contribution in [2.45, 2.75) is 20.4 Å². The van der Waals surface area contributed by atoms with Crippen LogP contribution in [0.3, 0.4) is 0 Å². The van der Waals surface area contributed by atoms with Crippen LogP contribution in [0.1, 0.15) is 19.4 Å². The standard InChI is InChI=1S/C14H23N3S/c1-12(2)9-16-11-13-10-15-4-3-14(13)17-5-7-18-8-6-17/h3-4,10,12,16H,5-9,11H2,1-2H3. The lowest BCUT2D eigenvalue weighted by Crippen LogP contribution is -2.33. The summed E-state index contributed by atoms with van der Waals surface area (Å²) < 4.78 is 0. The molecule has 0 spiro atoms. The highest BCUT2D eigenvalue weighted by Crippen LogP contribution is 2.22. The largest absolute Gasteiger partial charge is 0.370 e. The van der Waals surface area contributed by atoms with Crippen molar-refractivity contribution < 1.29 is 0 Å². The molecule has 2 rings (SSSR count). The van der Waals surface area contributed by atoms with Crippen molar-refractivity contribution >= 4 is 17.4 Å². The Morgan fingerprint density at radius 3 is 2.89 bits per heavy atom. The highest BCUT2D eigenvalue weighted by atomic mass is 32.2. The molecule has 0 bridgehead atoms. The number of rotatable bonds is 5. The van der Waals surface area contributed by atoms with Crippen LogP contribution in [0.4, 0.5) is 5.69 Å². The summed E-state index contributed by atoms with van der Waals surface area (Å²) in [7, 11) is 0. The third kappa shape index (κ3) is 3.89. The van der Waals surface area contributed by atoms with Crippen LogP contribution in [0.15, 0.2) is 18.5 Å². The number of thioether (sulfide) groups is 1. The van der Waals surface area contributed by atoms with E-state index in [1.807, 2.05) is 24.2 Å². The molecule has 1 aromatic rings. The van der Waals surface area contributed by atoms with E-state index < -0.39 is 0 Å². The Hall–Kier alpha value is -0.740. The van der Waals surface area contributed by atoms with Gasteiger partial charge in [-0.25, -0.2) is 0 Å². The highest BCUT2D eigenvalue weighted by Gasteiger charge is 2.14. The smallest absolute Gasteiger partial charge is 0.0443 e. The molecule has 0 saturated carbocycles. The third-order valence-electron chi connectivity index (χ3n) is 3.10. The molecule has 0 aliphatic carbocycles. The van der Waals surface area contributed by atoms with Gasteiger partial charge in [-0.2, -0.15) is 11.8 Å². The van der Waals surface area contributed by atoms with E-state index in [1.54, 1.807) is 0 Å². The van der Waals surface area contributed by atoms with Gasteiger partial charge in [-0.15, -0.1) is 0 Å². The fourth-order valence-corrected chi connectivity index (χ4v) is 3.07. The Kier molecular flexibility index (Phi) is 5.32. The second-order valence-electron chi connectivity index (χ2n) is 5.13. The van der Waals surface area contributed by atoms with Crippen LogP contribution in [-0.2, 0) is 6.54 Å². The van der Waals surface area contributed by atoms with Gasteiger partial charge < -0.3 is 10.2 Å². The number of anilines is 1. The SMILES string of the molecule is CC(C)CNCc1cnccc1N1CCSCC1. The molecule has 0 unspecified atom stereocenters. The minimum absolute atomic E-state index is 0.691. The molecular weight excluding hydrogens is 242 g/mol. The van der Waals surface area contributed by atoms with E-state index in [0.717, 1.165) is 26.2 Å². The van der Waals surface area contributed by atoms with Crippen LogP contribution < -0.4 is 10.2 Å². The molecule has 1 fully saturated rings. The lowest BCUT2D eigenvalue weighted by atomic mass is 10.2. The quantitative estimate of drug-likeness (QED) is 0.885. The van der Waals surface area contributed by atoms with Crippen molar-refractivity contribution in [1.82, 2.24) is 10.3 Å². The van der Waals surface area contributed by atoms with E-state index in [-0.39, 0.29) is 0 Å². The molecular formula is C14H23N3S. The first-order valence-electron chi connectivity index (χ1n) is 6.73. The van der Waals surface area contributed by atoms with E-state index in [0.29, 0.717) is 5.92 Å². The van der Waals surface area contributed by atoms with E-state index in [4.69, 9.17) is 0 Å². The van der Waals surface area contributed by atoms with Crippen molar-refractivity contribution in [3.8, 4) is 0 Å². The average molecular weight is 265 g/mol. The Morgan fingerprint density at radius 1 is 1.39 bits per heavy atom. The summed E-state index contributed by atoms with van der Waals surface area (Å²) in [5.74, 6) is 3.17. The van der Waals surface area contributed by atoms with Gasteiger partial charge in [-0.3, -0.25) is 4.98 Å². The van der Waals surface area contributed by atoms with Crippen LogP contribution in [-0.4, -0.2) is 36.1 Å². The van der Waals surface area contributed by atoms with Crippen LogP contribution in [0.2, 0.25) is 0 Å². The van der Waals surface area contributed by atoms with Crippen molar-refractivity contribution in [3.05, 3.63) is 24.0 Å². The monoisotopic (exact) mass is 265 g/mol. The molecule has 4 heteroatoms. The lowest BCUT2D eigenvalue weighted by molar-refractivity contribution is 0.551. The first-order chi connectivity index (χ1) is 8.77. The Morgan fingerprint density at radius 2 is 2.17 bits per heavy atom. The maximum Gasteiger partial charge on any atom is 0.0443 e. The second-order valence-corrected chi connectivity index (χ2v) is 6.35. The van der Waals surface area contributed by atoms with Gasteiger partial charge in [-0.05, 0) is 18.5 Å². The Balaban J connectivity index is 2.00.